The number of anilines is 1. The van der Waals surface area contributed by atoms with Crippen molar-refractivity contribution in [3.63, 3.8) is 0 Å². The Bertz CT molecular complexity index is 1470. The second-order valence-corrected chi connectivity index (χ2v) is 12.6. The molecule has 12 heteroatoms. The van der Waals surface area contributed by atoms with Crippen molar-refractivity contribution in [1.29, 1.82) is 0 Å². The number of carbonyl (C=O) groups excluding carboxylic acids is 5. The molecule has 0 bridgehead atoms. The van der Waals surface area contributed by atoms with Crippen molar-refractivity contribution < 1.29 is 34.2 Å². The first-order chi connectivity index (χ1) is 18.2. The van der Waals surface area contributed by atoms with E-state index in [0.29, 0.717) is 26.0 Å². The van der Waals surface area contributed by atoms with Gasteiger partial charge in [-0.05, 0) is 56.6 Å². The fourth-order valence-corrected chi connectivity index (χ4v) is 7.76. The van der Waals surface area contributed by atoms with Gasteiger partial charge < -0.3 is 20.8 Å². The van der Waals surface area contributed by atoms with Crippen molar-refractivity contribution >= 4 is 57.7 Å². The van der Waals surface area contributed by atoms with Gasteiger partial charge in [0.25, 0.3) is 0 Å². The largest absolute Gasteiger partial charge is 0.506 e. The number of rotatable bonds is 4. The van der Waals surface area contributed by atoms with Crippen LogP contribution < -0.4 is 10.6 Å². The summed E-state index contributed by atoms with van der Waals surface area (Å²) in [5.74, 6) is -10.7. The van der Waals surface area contributed by atoms with Gasteiger partial charge in [-0.3, -0.25) is 28.9 Å². The number of thiophene rings is 1. The third-order valence-corrected chi connectivity index (χ3v) is 9.62. The number of fused-ring (bicyclic) bond motifs is 3. The number of likely N-dealkylation sites (N-methyl/N-ethyl adjacent to an activating group) is 1. The molecule has 1 aromatic heterocycles. The molecule has 4 N–H and O–H groups in total. The summed E-state index contributed by atoms with van der Waals surface area (Å²) >= 11 is 7.33. The number of hydrogen-bond acceptors (Lipinski definition) is 10. The Labute approximate surface area is 233 Å². The molecule has 0 spiro atoms. The van der Waals surface area contributed by atoms with Crippen molar-refractivity contribution in [2.75, 3.05) is 33.1 Å². The van der Waals surface area contributed by atoms with Crippen LogP contribution in [-0.2, 0) is 25.6 Å². The van der Waals surface area contributed by atoms with Crippen LogP contribution in [0.5, 0.6) is 5.75 Å². The number of nitrogens with zero attached hydrogens (tertiary/aromatic N) is 2. The zero-order valence-electron chi connectivity index (χ0n) is 21.7. The molecule has 206 valence electrons. The van der Waals surface area contributed by atoms with Gasteiger partial charge >= 0.3 is 0 Å². The molecule has 6 atom stereocenters. The number of hydrogen-bond donors (Lipinski definition) is 3. The van der Waals surface area contributed by atoms with Gasteiger partial charge in [0.15, 0.2) is 34.7 Å². The maximum Gasteiger partial charge on any atom is 0.235 e. The average Bonchev–Trinajstić information content (AvgIpc) is 3.26. The molecule has 1 heterocycles. The van der Waals surface area contributed by atoms with Crippen molar-refractivity contribution in [2.24, 2.45) is 29.4 Å². The van der Waals surface area contributed by atoms with Gasteiger partial charge in [-0.25, -0.2) is 0 Å². The number of amides is 1. The highest BCUT2D eigenvalue weighted by atomic mass is 35.5. The SMILES string of the molecule is CN(C)c1cc(-c2ccc(Cl)s2)c(O)c2c1C[C@H]1C[C@H]3[C@H](N(C)C)C(=O)C(C(N)=O)C(=O)[C@@]3(O)C(=O)C1C2=O. The number of halogens is 1. The first kappa shape index (κ1) is 27.4. The number of carbonyl (C=O) groups is 5. The summed E-state index contributed by atoms with van der Waals surface area (Å²) in [6, 6.07) is 4.00. The zero-order valence-corrected chi connectivity index (χ0v) is 23.3. The molecular formula is C27H28ClN3O7S. The topological polar surface area (TPSA) is 158 Å². The molecule has 10 nitrogen and oxygen atoms in total. The van der Waals surface area contributed by atoms with Crippen LogP contribution in [0.3, 0.4) is 0 Å². The van der Waals surface area contributed by atoms with Gasteiger partial charge in [0.2, 0.25) is 5.91 Å². The lowest BCUT2D eigenvalue weighted by atomic mass is 9.52. The van der Waals surface area contributed by atoms with Crippen molar-refractivity contribution in [2.45, 2.75) is 24.5 Å². The second-order valence-electron chi connectivity index (χ2n) is 10.9. The number of aromatic hydroxyl groups is 1. The third-order valence-electron chi connectivity index (χ3n) is 8.36. The number of primary amides is 1. The molecular weight excluding hydrogens is 546 g/mol. The van der Waals surface area contributed by atoms with E-state index in [0.717, 1.165) is 0 Å². The Morgan fingerprint density at radius 3 is 2.33 bits per heavy atom. The van der Waals surface area contributed by atoms with Crippen LogP contribution in [0.4, 0.5) is 5.69 Å². The number of nitrogens with two attached hydrogens (primary N) is 1. The minimum absolute atomic E-state index is 0.000189. The molecule has 2 saturated carbocycles. The second kappa shape index (κ2) is 9.22. The van der Waals surface area contributed by atoms with Gasteiger partial charge in [-0.1, -0.05) is 11.6 Å². The van der Waals surface area contributed by atoms with E-state index in [-0.39, 0.29) is 24.2 Å². The minimum atomic E-state index is -2.75. The summed E-state index contributed by atoms with van der Waals surface area (Å²) in [6.07, 6.45) is 0.193. The van der Waals surface area contributed by atoms with E-state index in [1.807, 2.05) is 0 Å². The normalized spacial score (nSPS) is 30.2. The fourth-order valence-electron chi connectivity index (χ4n) is 6.70. The monoisotopic (exact) mass is 573 g/mol. The van der Waals surface area contributed by atoms with Crippen LogP contribution in [0.15, 0.2) is 18.2 Å². The maximum atomic E-state index is 14.1. The highest BCUT2D eigenvalue weighted by Crippen LogP contribution is 2.53. The van der Waals surface area contributed by atoms with Gasteiger partial charge in [0, 0.05) is 36.1 Å². The Morgan fingerprint density at radius 2 is 1.79 bits per heavy atom. The molecule has 1 aromatic carbocycles. The van der Waals surface area contributed by atoms with Crippen molar-refractivity contribution in [1.82, 2.24) is 4.90 Å². The third kappa shape index (κ3) is 3.78. The number of Topliss-reactive ketones (excluding diaryl/α,β-unsaturated/α-hetero) is 4. The lowest BCUT2D eigenvalue weighted by molar-refractivity contribution is -0.181. The van der Waals surface area contributed by atoms with E-state index in [4.69, 9.17) is 17.3 Å². The fraction of sp³-hybridized carbons (Fsp3) is 0.444. The Hall–Kier alpha value is -3.12. The first-order valence-electron chi connectivity index (χ1n) is 12.4. The molecule has 2 aromatic rings. The molecule has 1 amide bonds. The number of phenolic OH excluding ortho intramolecular Hbond substituents is 1. The average molecular weight is 574 g/mol. The maximum absolute atomic E-state index is 14.1. The van der Waals surface area contributed by atoms with Crippen molar-refractivity contribution in [3.8, 4) is 16.2 Å². The zero-order chi connectivity index (χ0) is 28.7. The molecule has 3 aliphatic rings. The molecule has 2 unspecified atom stereocenters. The van der Waals surface area contributed by atoms with Gasteiger partial charge in [0.1, 0.15) is 5.75 Å². The predicted molar refractivity (Wildman–Crippen MR) is 144 cm³/mol. The lowest BCUT2D eigenvalue weighted by Crippen LogP contribution is -2.74. The van der Waals surface area contributed by atoms with E-state index < -0.39 is 64.4 Å². The molecule has 3 aliphatic carbocycles. The van der Waals surface area contributed by atoms with E-state index in [2.05, 4.69) is 0 Å². The van der Waals surface area contributed by atoms with Crippen LogP contribution in [0.2, 0.25) is 4.34 Å². The predicted octanol–water partition coefficient (Wildman–Crippen LogP) is 1.31. The summed E-state index contributed by atoms with van der Waals surface area (Å²) in [5, 5.41) is 23.0. The van der Waals surface area contributed by atoms with Gasteiger partial charge in [0.05, 0.1) is 21.9 Å². The standard InChI is InChI=1S/C27H28ClN3O7S/c1-30(2)14-9-12(15-5-6-16(28)39-15)21(32)18-11(14)7-10-8-13-20(31(3)4)23(34)19(26(29)37)25(36)27(13,38)24(35)17(10)22(18)33/h5-6,9-10,13,17,19-20,32,38H,7-8H2,1-4H3,(H2,29,37)/t10-,13-,17?,19?,20-,27-/m0/s1. The first-order valence-corrected chi connectivity index (χ1v) is 13.6. The molecule has 0 radical (unpaired) electrons. The summed E-state index contributed by atoms with van der Waals surface area (Å²) < 4.78 is 0.487. The summed E-state index contributed by atoms with van der Waals surface area (Å²) in [6.45, 7) is 0. The van der Waals surface area contributed by atoms with Crippen LogP contribution in [0.1, 0.15) is 22.3 Å². The van der Waals surface area contributed by atoms with Crippen LogP contribution in [0.25, 0.3) is 10.4 Å². The number of ketones is 4. The smallest absolute Gasteiger partial charge is 0.235 e. The summed E-state index contributed by atoms with van der Waals surface area (Å²) in [4.78, 5) is 70.7. The number of aliphatic hydroxyl groups is 1. The molecule has 0 aliphatic heterocycles. The highest BCUT2D eigenvalue weighted by Gasteiger charge is 2.69. The van der Waals surface area contributed by atoms with Gasteiger partial charge in [-0.15, -0.1) is 11.3 Å². The Kier molecular flexibility index (Phi) is 6.49. The number of benzene rings is 1. The van der Waals surface area contributed by atoms with Crippen LogP contribution in [0, 0.1) is 23.7 Å². The van der Waals surface area contributed by atoms with Gasteiger partial charge in [-0.2, -0.15) is 0 Å². The molecule has 39 heavy (non-hydrogen) atoms. The Morgan fingerprint density at radius 1 is 1.13 bits per heavy atom. The van der Waals surface area contributed by atoms with E-state index >= 15 is 0 Å². The van der Waals surface area contributed by atoms with E-state index in [1.54, 1.807) is 51.3 Å². The highest BCUT2D eigenvalue weighted by molar-refractivity contribution is 7.19. The summed E-state index contributed by atoms with van der Waals surface area (Å²) in [5.41, 5.74) is 4.13. The van der Waals surface area contributed by atoms with Crippen LogP contribution in [-0.4, -0.2) is 84.0 Å². The molecule has 2 fully saturated rings. The van der Waals surface area contributed by atoms with Crippen LogP contribution >= 0.6 is 22.9 Å². The van der Waals surface area contributed by atoms with E-state index in [9.17, 15) is 34.2 Å². The van der Waals surface area contributed by atoms with E-state index in [1.165, 1.54) is 16.2 Å². The summed E-state index contributed by atoms with van der Waals surface area (Å²) in [7, 11) is 6.69. The van der Waals surface area contributed by atoms with Crippen molar-refractivity contribution in [3.05, 3.63) is 33.7 Å². The Balaban J connectivity index is 1.69. The number of phenols is 1. The molecule has 0 saturated heterocycles. The quantitative estimate of drug-likeness (QED) is 0.458. The molecule has 5 rings (SSSR count). The lowest BCUT2D eigenvalue weighted by Gasteiger charge is -2.52. The minimum Gasteiger partial charge on any atom is -0.506 e.